The third-order valence-electron chi connectivity index (χ3n) is 1.33. The van der Waals surface area contributed by atoms with E-state index in [-0.39, 0.29) is 19.5 Å². The summed E-state index contributed by atoms with van der Waals surface area (Å²) in [4.78, 5) is 83.6. The van der Waals surface area contributed by atoms with Crippen molar-refractivity contribution >= 4 is 47.4 Å². The molecule has 0 spiro atoms. The molecule has 12 N–H and O–H groups in total. The van der Waals surface area contributed by atoms with Gasteiger partial charge in [0, 0.05) is 19.5 Å². The summed E-state index contributed by atoms with van der Waals surface area (Å²) in [7, 11) is -30.8. The molecular weight excluding hydrogens is 787 g/mol. The molecule has 0 aromatic rings. The van der Waals surface area contributed by atoms with E-state index < -0.39 is 47.4 Å². The summed E-state index contributed by atoms with van der Waals surface area (Å²) in [6.07, 6.45) is 14.0. The Morgan fingerprint density at radius 3 is 0.436 bits per heavy atom. The normalized spacial score (nSPS) is 13.2. The minimum atomic E-state index is -5.14. The molecule has 0 atom stereocenters. The van der Waals surface area contributed by atoms with Gasteiger partial charge in [-0.3, -0.25) is 58.7 Å². The topological polar surface area (TPSA) is 345 Å². The van der Waals surface area contributed by atoms with Gasteiger partial charge in [-0.05, 0) is 25.7 Å². The van der Waals surface area contributed by atoms with E-state index in [9.17, 15) is 25.2 Å². The van der Waals surface area contributed by atoms with E-state index in [4.69, 9.17) is 86.1 Å². The van der Waals surface area contributed by atoms with Gasteiger partial charge in [0.1, 0.15) is 0 Å². The largest absolute Gasteiger partial charge is 0.507 e. The molecule has 31 heteroatoms. The van der Waals surface area contributed by atoms with E-state index in [2.05, 4.69) is 24.3 Å². The fourth-order valence-electron chi connectivity index (χ4n) is 0.856. The van der Waals surface area contributed by atoms with Crippen molar-refractivity contribution in [3.8, 4) is 0 Å². The molecule has 0 unspecified atom stereocenters. The van der Waals surface area contributed by atoms with Crippen LogP contribution in [0.15, 0.2) is 24.3 Å². The van der Waals surface area contributed by atoms with Crippen molar-refractivity contribution in [2.45, 2.75) is 25.7 Å². The summed E-state index contributed by atoms with van der Waals surface area (Å²) >= 11 is 0. The number of hydrogen-bond acceptors (Lipinski definition) is 6. The van der Waals surface area contributed by atoms with Crippen molar-refractivity contribution in [2.75, 3.05) is 0 Å². The predicted octanol–water partition coefficient (Wildman–Crippen LogP) is 2.96. The first-order valence-electron chi connectivity index (χ1n) is 7.81. The summed E-state index contributed by atoms with van der Waals surface area (Å²) in [5.41, 5.74) is 0. The molecule has 0 fully saturated rings. The Morgan fingerprint density at radius 1 is 0.333 bits per heavy atom. The van der Waals surface area contributed by atoms with Crippen molar-refractivity contribution in [3.05, 3.63) is 24.3 Å². The molecule has 0 bridgehead atoms. The third-order valence-corrected chi connectivity index (χ3v) is 1.33. The molecule has 1 rings (SSSR count). The van der Waals surface area contributed by atoms with Crippen molar-refractivity contribution in [1.29, 1.82) is 0 Å². The monoisotopic (exact) mass is 811 g/mol. The van der Waals surface area contributed by atoms with Crippen LogP contribution in [0.5, 0.6) is 0 Å². The molecule has 18 nitrogen and oxygen atoms in total. The van der Waals surface area contributed by atoms with Gasteiger partial charge >= 0.3 is 47.4 Å². The van der Waals surface area contributed by atoms with Crippen LogP contribution >= 0.6 is 47.4 Å². The zero-order chi connectivity index (χ0) is 32.7. The molecule has 1 aliphatic rings. The van der Waals surface area contributed by atoms with Gasteiger partial charge in [0.15, 0.2) is 0 Å². The maximum Gasteiger partial charge on any atom is 0.507 e. The summed E-state index contributed by atoms with van der Waals surface area (Å²) in [6, 6.07) is 0. The average Bonchev–Trinajstić information content (AvgIpc) is 2.33. The van der Waals surface area contributed by atoms with Crippen LogP contribution in [0.25, 0.3) is 0 Å². The molecule has 0 aliphatic heterocycles. The summed E-state index contributed by atoms with van der Waals surface area (Å²) in [5.74, 6) is 0. The smallest absolute Gasteiger partial charge is 0.299 e. The van der Waals surface area contributed by atoms with Gasteiger partial charge in [0.2, 0.25) is 0 Å². The van der Waals surface area contributed by atoms with Gasteiger partial charge in [0.05, 0.1) is 0 Å². The number of hydrogen-bond donors (Lipinski definition) is 12. The number of halogens is 6. The summed E-state index contributed by atoms with van der Waals surface area (Å²) in [5, 5.41) is 0. The fraction of sp³-hybridized carbons (Fsp3) is 0.500. The second-order valence-corrected chi connectivity index (χ2v) is 10.6. The van der Waals surface area contributed by atoms with Crippen LogP contribution < -0.4 is 0 Å². The Bertz CT molecular complexity index is 684. The molecule has 0 saturated heterocycles. The quantitative estimate of drug-likeness (QED) is 0.0724. The van der Waals surface area contributed by atoms with Crippen LogP contribution in [-0.2, 0) is 46.9 Å². The Hall–Kier alpha value is 0.583. The summed E-state index contributed by atoms with van der Waals surface area (Å²) in [6.45, 7) is 0. The Kier molecular flexibility index (Phi) is 39.0. The molecule has 0 saturated carbocycles. The zero-order valence-corrected chi connectivity index (χ0v) is 25.2. The maximum atomic E-state index is 10.4. The van der Waals surface area contributed by atoms with Gasteiger partial charge in [0.25, 0.3) is 0 Å². The van der Waals surface area contributed by atoms with E-state index in [1.807, 2.05) is 0 Å². The molecule has 39 heavy (non-hydrogen) atoms. The molecule has 0 aromatic carbocycles. The van der Waals surface area contributed by atoms with Crippen molar-refractivity contribution in [2.24, 2.45) is 0 Å². The Morgan fingerprint density at radius 2 is 0.385 bits per heavy atom. The van der Waals surface area contributed by atoms with Gasteiger partial charge in [-0.25, -0.2) is 27.4 Å². The molecule has 1 aliphatic carbocycles. The van der Waals surface area contributed by atoms with Crippen molar-refractivity contribution in [1.82, 2.24) is 0 Å². The van der Waals surface area contributed by atoms with Gasteiger partial charge < -0.3 is 0 Å². The molecule has 0 heterocycles. The average molecular weight is 811 g/mol. The second-order valence-electron chi connectivity index (χ2n) is 4.94. The molecule has 245 valence electrons. The van der Waals surface area contributed by atoms with Crippen LogP contribution in [0, 0.1) is 0 Å². The minimum absolute atomic E-state index is 0. The maximum absolute atomic E-state index is 10.4. The fourth-order valence-corrected chi connectivity index (χ4v) is 0.856. The SMILES string of the molecule is C1=CCCC=CCC1.O=P(O)(O)F.O=P(O)(O)F.O=P(O)(O)F.O=P(O)(O)F.O=P(O)(O)F.O=P(O)(O)F.[Rh]. The van der Waals surface area contributed by atoms with Crippen LogP contribution in [-0.4, -0.2) is 58.7 Å². The summed E-state index contributed by atoms with van der Waals surface area (Å²) < 4.78 is 114. The van der Waals surface area contributed by atoms with E-state index >= 15 is 0 Å². The zero-order valence-electron chi connectivity index (χ0n) is 18.2. The van der Waals surface area contributed by atoms with Crippen LogP contribution in [0.3, 0.4) is 0 Å². The van der Waals surface area contributed by atoms with E-state index in [1.165, 1.54) is 25.7 Å². The van der Waals surface area contributed by atoms with E-state index in [1.54, 1.807) is 0 Å². The van der Waals surface area contributed by atoms with E-state index in [0.717, 1.165) is 0 Å². The second kappa shape index (κ2) is 27.4. The first-order chi connectivity index (χ1) is 16.0. The Labute approximate surface area is 228 Å². The van der Waals surface area contributed by atoms with Crippen LogP contribution in [0.4, 0.5) is 25.2 Å². The Balaban J connectivity index is -0.0000000617. The first kappa shape index (κ1) is 55.5. The standard InChI is InChI=1S/C8H12.6FH2O3P.Rh/c1-2-4-6-8-7-5-3-1;6*1-5(2,3)4;/h1-2,7-8H,3-6H2;6*(H2,2,3,4);. The number of rotatable bonds is 0. The van der Waals surface area contributed by atoms with Crippen molar-refractivity contribution < 1.29 is 131 Å². The predicted molar refractivity (Wildman–Crippen MR) is 116 cm³/mol. The molecule has 0 amide bonds. The molecule has 1 radical (unpaired) electrons. The number of allylic oxidation sites excluding steroid dienone is 4. The molecule has 0 aromatic heterocycles. The third kappa shape index (κ3) is 701. The van der Waals surface area contributed by atoms with E-state index in [0.29, 0.717) is 0 Å². The van der Waals surface area contributed by atoms with Gasteiger partial charge in [-0.15, -0.1) is 25.2 Å². The van der Waals surface area contributed by atoms with Crippen LogP contribution in [0.2, 0.25) is 0 Å². The first-order valence-corrected chi connectivity index (χ1v) is 16.8. The molecular formula is C8H24F6O18P6Rh. The van der Waals surface area contributed by atoms with Gasteiger partial charge in [-0.2, -0.15) is 0 Å². The van der Waals surface area contributed by atoms with Crippen LogP contribution in [0.1, 0.15) is 25.7 Å². The van der Waals surface area contributed by atoms with Crippen molar-refractivity contribution in [3.63, 3.8) is 0 Å². The minimum Gasteiger partial charge on any atom is -0.299 e. The van der Waals surface area contributed by atoms with Gasteiger partial charge in [-0.1, -0.05) is 24.3 Å².